The number of rotatable bonds is 6. The average Bonchev–Trinajstić information content (AvgIpc) is 3.20. The van der Waals surface area contributed by atoms with E-state index in [1.165, 1.54) is 19.5 Å². The Kier molecular flexibility index (Phi) is 5.26. The fourth-order valence-corrected chi connectivity index (χ4v) is 4.03. The minimum atomic E-state index is -1.07. The van der Waals surface area contributed by atoms with E-state index in [9.17, 15) is 24.3 Å². The van der Waals surface area contributed by atoms with Crippen LogP contribution >= 0.6 is 0 Å². The third-order valence-electron chi connectivity index (χ3n) is 5.40. The molecule has 2 bridgehead atoms. The number of hydrogen-bond acceptors (Lipinski definition) is 5. The smallest absolute Gasteiger partial charge is 0.328 e. The fraction of sp³-hybridized carbons (Fsp3) is 0.647. The van der Waals surface area contributed by atoms with Crippen molar-refractivity contribution >= 4 is 11.8 Å². The predicted octanol–water partition coefficient (Wildman–Crippen LogP) is -1.37. The molecule has 9 nitrogen and oxygen atoms in total. The number of fused-ring (bicyclic) bond motifs is 2. The van der Waals surface area contributed by atoms with Crippen molar-refractivity contribution in [2.75, 3.05) is 6.61 Å². The summed E-state index contributed by atoms with van der Waals surface area (Å²) in [7, 11) is 0. The molecule has 2 aliphatic rings. The average molecular weight is 364 g/mol. The number of aromatic amines is 1. The van der Waals surface area contributed by atoms with Gasteiger partial charge in [0.1, 0.15) is 12.6 Å². The maximum atomic E-state index is 12.4. The lowest BCUT2D eigenvalue weighted by molar-refractivity contribution is -0.130. The van der Waals surface area contributed by atoms with E-state index in [1.807, 2.05) is 0 Å². The summed E-state index contributed by atoms with van der Waals surface area (Å²) in [6, 6.07) is -0.960. The van der Waals surface area contributed by atoms with Crippen LogP contribution in [0.5, 0.6) is 0 Å². The zero-order chi connectivity index (χ0) is 18.8. The lowest BCUT2D eigenvalue weighted by atomic mass is 9.95. The van der Waals surface area contributed by atoms with Gasteiger partial charge in [0.2, 0.25) is 11.8 Å². The first-order valence-electron chi connectivity index (χ1n) is 8.88. The lowest BCUT2D eigenvalue weighted by Crippen LogP contribution is -2.53. The fourth-order valence-electron chi connectivity index (χ4n) is 4.03. The Bertz CT molecular complexity index is 814. The molecule has 4 atom stereocenters. The third kappa shape index (κ3) is 3.87. The molecule has 3 unspecified atom stereocenters. The quantitative estimate of drug-likeness (QED) is 0.494. The van der Waals surface area contributed by atoms with Crippen LogP contribution in [0.1, 0.15) is 31.2 Å². The topological polar surface area (TPSA) is 133 Å². The van der Waals surface area contributed by atoms with Gasteiger partial charge in [-0.15, -0.1) is 0 Å². The number of carbonyl (C=O) groups excluding carboxylic acids is 2. The van der Waals surface area contributed by atoms with Crippen molar-refractivity contribution in [3.8, 4) is 0 Å². The first-order chi connectivity index (χ1) is 12.4. The van der Waals surface area contributed by atoms with E-state index in [-0.39, 0.29) is 12.6 Å². The second kappa shape index (κ2) is 7.45. The zero-order valence-corrected chi connectivity index (χ0v) is 14.7. The summed E-state index contributed by atoms with van der Waals surface area (Å²) in [6.45, 7) is 0.637. The molecule has 1 aromatic heterocycles. The molecule has 0 aromatic carbocycles. The molecule has 26 heavy (non-hydrogen) atoms. The monoisotopic (exact) mass is 364 g/mol. The van der Waals surface area contributed by atoms with E-state index >= 15 is 0 Å². The molecule has 9 heteroatoms. The van der Waals surface area contributed by atoms with Gasteiger partial charge in [0.05, 0.1) is 6.61 Å². The first-order valence-corrected chi connectivity index (χ1v) is 8.88. The van der Waals surface area contributed by atoms with Crippen LogP contribution in [0.15, 0.2) is 15.8 Å². The number of nitrogens with zero attached hydrogens (tertiary/aromatic N) is 1. The SMILES string of the molecule is Cc1cn(CC(=O)N[C@@H](CO)C(=O)NC2CC3CCC2C3)c(=O)[nH]c1=O. The highest BCUT2D eigenvalue weighted by molar-refractivity contribution is 5.87. The predicted molar refractivity (Wildman–Crippen MR) is 92.5 cm³/mol. The van der Waals surface area contributed by atoms with Gasteiger partial charge in [0, 0.05) is 17.8 Å². The van der Waals surface area contributed by atoms with Crippen LogP contribution in [-0.4, -0.2) is 45.2 Å². The number of amides is 2. The van der Waals surface area contributed by atoms with E-state index in [1.54, 1.807) is 0 Å². The number of hydrogen-bond donors (Lipinski definition) is 4. The number of aliphatic hydroxyl groups excluding tert-OH is 1. The van der Waals surface area contributed by atoms with Gasteiger partial charge in [-0.25, -0.2) is 4.79 Å². The maximum absolute atomic E-state index is 12.4. The molecule has 2 amide bonds. The Balaban J connectivity index is 1.58. The molecule has 2 saturated carbocycles. The van der Waals surface area contributed by atoms with Crippen LogP contribution in [0.25, 0.3) is 0 Å². The second-order valence-electron chi connectivity index (χ2n) is 7.29. The van der Waals surface area contributed by atoms with Crippen molar-refractivity contribution in [3.63, 3.8) is 0 Å². The van der Waals surface area contributed by atoms with Crippen LogP contribution in [-0.2, 0) is 16.1 Å². The molecule has 3 rings (SSSR count). The number of nitrogens with one attached hydrogen (secondary N) is 3. The number of H-pyrrole nitrogens is 1. The summed E-state index contributed by atoms with van der Waals surface area (Å²) >= 11 is 0. The van der Waals surface area contributed by atoms with Crippen molar-refractivity contribution in [1.29, 1.82) is 0 Å². The summed E-state index contributed by atoms with van der Waals surface area (Å²) in [4.78, 5) is 49.7. The molecule has 2 aliphatic carbocycles. The summed E-state index contributed by atoms with van der Waals surface area (Å²) in [6.07, 6.45) is 5.69. The highest BCUT2D eigenvalue weighted by Gasteiger charge is 2.40. The van der Waals surface area contributed by atoms with Crippen LogP contribution in [0.4, 0.5) is 0 Å². The van der Waals surface area contributed by atoms with Crippen molar-refractivity contribution in [2.24, 2.45) is 11.8 Å². The Labute approximate surface area is 149 Å². The van der Waals surface area contributed by atoms with E-state index < -0.39 is 35.7 Å². The van der Waals surface area contributed by atoms with Crippen LogP contribution in [0.2, 0.25) is 0 Å². The molecule has 0 aliphatic heterocycles. The van der Waals surface area contributed by atoms with Crippen LogP contribution in [0.3, 0.4) is 0 Å². The Morgan fingerprint density at radius 1 is 1.35 bits per heavy atom. The molecular formula is C17H24N4O5. The summed E-state index contributed by atoms with van der Waals surface area (Å²) in [5.41, 5.74) is -0.919. The van der Waals surface area contributed by atoms with Gasteiger partial charge < -0.3 is 15.7 Å². The Morgan fingerprint density at radius 3 is 2.73 bits per heavy atom. The molecule has 0 saturated heterocycles. The molecule has 1 heterocycles. The van der Waals surface area contributed by atoms with Crippen molar-refractivity contribution in [2.45, 2.75) is 51.2 Å². The largest absolute Gasteiger partial charge is 0.394 e. The molecule has 0 radical (unpaired) electrons. The molecule has 142 valence electrons. The molecule has 1 aromatic rings. The summed E-state index contributed by atoms with van der Waals surface area (Å²) in [5.74, 6) is 0.147. The highest BCUT2D eigenvalue weighted by Crippen LogP contribution is 2.44. The van der Waals surface area contributed by atoms with E-state index in [0.717, 1.165) is 23.8 Å². The van der Waals surface area contributed by atoms with Gasteiger partial charge in [-0.2, -0.15) is 0 Å². The van der Waals surface area contributed by atoms with E-state index in [2.05, 4.69) is 15.6 Å². The van der Waals surface area contributed by atoms with Crippen molar-refractivity contribution < 1.29 is 14.7 Å². The number of aromatic nitrogens is 2. The third-order valence-corrected chi connectivity index (χ3v) is 5.40. The minimum absolute atomic E-state index is 0.108. The van der Waals surface area contributed by atoms with Crippen molar-refractivity contribution in [1.82, 2.24) is 20.2 Å². The van der Waals surface area contributed by atoms with Crippen molar-refractivity contribution in [3.05, 3.63) is 32.6 Å². The summed E-state index contributed by atoms with van der Waals surface area (Å²) in [5, 5.41) is 14.8. The van der Waals surface area contributed by atoms with Crippen LogP contribution < -0.4 is 21.9 Å². The Hall–Kier alpha value is -2.42. The van der Waals surface area contributed by atoms with Crippen LogP contribution in [0, 0.1) is 18.8 Å². The number of carbonyl (C=O) groups is 2. The van der Waals surface area contributed by atoms with Gasteiger partial charge in [-0.1, -0.05) is 6.42 Å². The van der Waals surface area contributed by atoms with Gasteiger partial charge in [-0.05, 0) is 38.0 Å². The van der Waals surface area contributed by atoms with E-state index in [4.69, 9.17) is 0 Å². The summed E-state index contributed by atoms with van der Waals surface area (Å²) < 4.78 is 1.05. The molecular weight excluding hydrogens is 340 g/mol. The lowest BCUT2D eigenvalue weighted by Gasteiger charge is -2.25. The van der Waals surface area contributed by atoms with Gasteiger partial charge in [0.15, 0.2) is 0 Å². The van der Waals surface area contributed by atoms with Gasteiger partial charge in [0.25, 0.3) is 5.56 Å². The van der Waals surface area contributed by atoms with E-state index in [0.29, 0.717) is 17.4 Å². The maximum Gasteiger partial charge on any atom is 0.328 e. The normalized spacial score (nSPS) is 25.1. The van der Waals surface area contributed by atoms with Gasteiger partial charge >= 0.3 is 5.69 Å². The standard InChI is InChI=1S/C17H24N4O5/c1-9-6-21(17(26)20-15(9)24)7-14(23)18-13(8-22)16(25)19-12-5-10-2-3-11(12)4-10/h6,10-13,22H,2-5,7-8H2,1H3,(H,18,23)(H,19,25)(H,20,24,26)/t10?,11?,12?,13-/m0/s1. The number of aliphatic hydroxyl groups is 1. The first kappa shape index (κ1) is 18.4. The number of aryl methyl sites for hydroxylation is 1. The molecule has 0 spiro atoms. The zero-order valence-electron chi connectivity index (χ0n) is 14.7. The molecule has 4 N–H and O–H groups in total. The highest BCUT2D eigenvalue weighted by atomic mass is 16.3. The van der Waals surface area contributed by atoms with Gasteiger partial charge in [-0.3, -0.25) is 23.9 Å². The minimum Gasteiger partial charge on any atom is -0.394 e. The second-order valence-corrected chi connectivity index (χ2v) is 7.29. The Morgan fingerprint density at radius 2 is 2.12 bits per heavy atom. The molecule has 2 fully saturated rings.